The van der Waals surface area contributed by atoms with Crippen molar-refractivity contribution in [2.75, 3.05) is 43.0 Å². The van der Waals surface area contributed by atoms with Gasteiger partial charge in [-0.2, -0.15) is 0 Å². The molecule has 0 aromatic heterocycles. The van der Waals surface area contributed by atoms with Crippen LogP contribution in [0.15, 0.2) is 84.5 Å². The van der Waals surface area contributed by atoms with Crippen molar-refractivity contribution in [3.8, 4) is 0 Å². The number of Topliss-reactive ketones (excluding diaryl/α,β-unsaturated/α-hetero) is 1. The number of aliphatic carboxylic acids is 1. The van der Waals surface area contributed by atoms with E-state index in [-0.39, 0.29) is 54.6 Å². The number of nitrogens with one attached hydrogen (secondary N) is 3. The van der Waals surface area contributed by atoms with Gasteiger partial charge in [0.05, 0.1) is 18.1 Å². The Morgan fingerprint density at radius 3 is 2.38 bits per heavy atom. The highest BCUT2D eigenvalue weighted by atomic mass is 16.4. The third-order valence-electron chi connectivity index (χ3n) is 15.8. The summed E-state index contributed by atoms with van der Waals surface area (Å²) >= 11 is 0. The Kier molecular flexibility index (Phi) is 12.8. The summed E-state index contributed by atoms with van der Waals surface area (Å²) in [5, 5.41) is 39.5. The summed E-state index contributed by atoms with van der Waals surface area (Å²) in [5.41, 5.74) is 2.54. The molecule has 6 aliphatic rings. The summed E-state index contributed by atoms with van der Waals surface area (Å²) in [5.74, 6) is -4.09. The van der Waals surface area contributed by atoms with Gasteiger partial charge in [0, 0.05) is 67.3 Å². The van der Waals surface area contributed by atoms with Gasteiger partial charge in [-0.25, -0.2) is 0 Å². The number of carboxylic acids is 1. The second-order valence-electron chi connectivity index (χ2n) is 19.4. The fraction of sp³-hybridized carbons (Fsp3) is 0.480. The maximum atomic E-state index is 14.1. The number of amides is 5. The number of allylic oxidation sites excluding steroid dienone is 4. The van der Waals surface area contributed by atoms with Gasteiger partial charge in [-0.15, -0.1) is 0 Å². The number of aliphatic hydroxyl groups excluding tert-OH is 2. The minimum atomic E-state index is -1.23. The molecule has 3 saturated carbocycles. The summed E-state index contributed by atoms with van der Waals surface area (Å²) in [7, 11) is 0. The Morgan fingerprint density at radius 2 is 1.67 bits per heavy atom. The summed E-state index contributed by atoms with van der Waals surface area (Å²) in [4.78, 5) is 103. The molecule has 16 heteroatoms. The molecule has 16 nitrogen and oxygen atoms in total. The van der Waals surface area contributed by atoms with Crippen LogP contribution in [0.25, 0.3) is 0 Å². The van der Waals surface area contributed by atoms with E-state index in [4.69, 9.17) is 0 Å². The average Bonchev–Trinajstić information content (AvgIpc) is 3.91. The van der Waals surface area contributed by atoms with Crippen molar-refractivity contribution in [2.24, 2.45) is 39.9 Å². The molecular formula is C50H57N5O11. The quantitative estimate of drug-likeness (QED) is 0.133. The zero-order valence-corrected chi connectivity index (χ0v) is 37.2. The number of carbonyl (C=O) groups is 8. The molecule has 66 heavy (non-hydrogen) atoms. The first-order valence-electron chi connectivity index (χ1n) is 22.8. The minimum absolute atomic E-state index is 0.00227. The van der Waals surface area contributed by atoms with Gasteiger partial charge in [-0.3, -0.25) is 43.3 Å². The van der Waals surface area contributed by atoms with Crippen LogP contribution in [0.4, 0.5) is 11.4 Å². The number of aliphatic hydroxyl groups is 2. The maximum Gasteiger partial charge on any atom is 0.303 e. The van der Waals surface area contributed by atoms with Crippen molar-refractivity contribution in [2.45, 2.75) is 77.4 Å². The molecule has 4 aliphatic carbocycles. The maximum absolute atomic E-state index is 14.1. The van der Waals surface area contributed by atoms with Crippen LogP contribution in [0, 0.1) is 39.9 Å². The topological polar surface area (TPSA) is 240 Å². The Balaban J connectivity index is 0.889. The number of hydrogen-bond donors (Lipinski definition) is 6. The van der Waals surface area contributed by atoms with Crippen molar-refractivity contribution >= 4 is 58.4 Å². The van der Waals surface area contributed by atoms with Crippen LogP contribution >= 0.6 is 0 Å². The van der Waals surface area contributed by atoms with E-state index in [0.717, 1.165) is 58.7 Å². The lowest BCUT2D eigenvalue weighted by Gasteiger charge is -2.60. The number of nitrogens with zero attached hydrogens (tertiary/aromatic N) is 2. The predicted molar refractivity (Wildman–Crippen MR) is 240 cm³/mol. The molecule has 0 bridgehead atoms. The predicted octanol–water partition coefficient (Wildman–Crippen LogP) is 2.87. The molecular weight excluding hydrogens is 847 g/mol. The molecule has 2 aromatic carbocycles. The highest BCUT2D eigenvalue weighted by molar-refractivity contribution is 6.13. The molecule has 8 rings (SSSR count). The first kappa shape index (κ1) is 46.3. The number of rotatable bonds is 16. The SMILES string of the molecule is C[C@]12C=CC(=O)C=C1CC[C@@H]1[C@@H]2[C@@H](O)C[C@@]2(C)[C@H]1C[C@H]1CN(c3ccc(Cc4cccc(NC(=O)[C@H](CCC(=O)O)NC(=O)CNC(=O)CCN5C(=O)C=CC5=O)c4)cc3)C[C@]12C(=O)CO. The van der Waals surface area contributed by atoms with Gasteiger partial charge in [-0.1, -0.05) is 49.8 Å². The molecule has 348 valence electrons. The van der Waals surface area contributed by atoms with Crippen LogP contribution in [0.5, 0.6) is 0 Å². The second kappa shape index (κ2) is 18.2. The number of hydrogen-bond acceptors (Lipinski definition) is 11. The third-order valence-corrected chi connectivity index (χ3v) is 15.8. The second-order valence-corrected chi connectivity index (χ2v) is 19.4. The van der Waals surface area contributed by atoms with E-state index in [1.807, 2.05) is 36.4 Å². The van der Waals surface area contributed by atoms with Gasteiger partial charge >= 0.3 is 5.97 Å². The van der Waals surface area contributed by atoms with Crippen molar-refractivity contribution in [1.82, 2.24) is 15.5 Å². The number of ketones is 2. The minimum Gasteiger partial charge on any atom is -0.481 e. The highest BCUT2D eigenvalue weighted by Crippen LogP contribution is 2.72. The molecule has 4 fully saturated rings. The van der Waals surface area contributed by atoms with E-state index in [9.17, 15) is 53.7 Å². The molecule has 0 radical (unpaired) electrons. The monoisotopic (exact) mass is 903 g/mol. The molecule has 9 atom stereocenters. The summed E-state index contributed by atoms with van der Waals surface area (Å²) in [6, 6.07) is 14.0. The Labute approximate surface area is 382 Å². The van der Waals surface area contributed by atoms with Crippen LogP contribution in [0.3, 0.4) is 0 Å². The van der Waals surface area contributed by atoms with Crippen LogP contribution < -0.4 is 20.9 Å². The highest BCUT2D eigenvalue weighted by Gasteiger charge is 2.73. The first-order chi connectivity index (χ1) is 31.4. The lowest BCUT2D eigenvalue weighted by atomic mass is 9.44. The number of carbonyl (C=O) groups excluding carboxylic acids is 7. The van der Waals surface area contributed by atoms with E-state index in [2.05, 4.69) is 34.7 Å². The van der Waals surface area contributed by atoms with Crippen LogP contribution in [-0.2, 0) is 44.8 Å². The van der Waals surface area contributed by atoms with E-state index in [1.54, 1.807) is 30.4 Å². The van der Waals surface area contributed by atoms with Gasteiger partial charge in [0.25, 0.3) is 11.8 Å². The lowest BCUT2D eigenvalue weighted by Crippen LogP contribution is -2.60. The van der Waals surface area contributed by atoms with E-state index in [0.29, 0.717) is 31.6 Å². The summed E-state index contributed by atoms with van der Waals surface area (Å²) < 4.78 is 0. The van der Waals surface area contributed by atoms with Gasteiger partial charge in [-0.05, 0) is 109 Å². The van der Waals surface area contributed by atoms with E-state index in [1.165, 1.54) is 0 Å². The van der Waals surface area contributed by atoms with Crippen molar-refractivity contribution in [3.63, 3.8) is 0 Å². The molecule has 0 unspecified atom stereocenters. The summed E-state index contributed by atoms with van der Waals surface area (Å²) in [6.07, 6.45) is 9.46. The largest absolute Gasteiger partial charge is 0.481 e. The summed E-state index contributed by atoms with van der Waals surface area (Å²) in [6.45, 7) is 4.16. The molecule has 0 spiro atoms. The number of anilines is 2. The Hall–Kier alpha value is -6.26. The molecule has 5 amide bonds. The van der Waals surface area contributed by atoms with E-state index < -0.39 is 83.5 Å². The Morgan fingerprint density at radius 1 is 0.924 bits per heavy atom. The number of benzene rings is 2. The lowest BCUT2D eigenvalue weighted by molar-refractivity contribution is -0.157. The number of carboxylic acid groups (broad SMARTS) is 1. The van der Waals surface area contributed by atoms with Crippen molar-refractivity contribution in [3.05, 3.63) is 95.6 Å². The smallest absolute Gasteiger partial charge is 0.303 e. The van der Waals surface area contributed by atoms with Crippen LogP contribution in [-0.4, -0.2) is 112 Å². The van der Waals surface area contributed by atoms with E-state index >= 15 is 0 Å². The molecule has 2 aliphatic heterocycles. The standard InChI is InChI=1S/C50H57N5O11/c1-48-18-16-35(57)22-31(48)8-11-36-37-23-32-26-54(28-50(32,40(59)27-56)49(37,2)24-39(58)46(36)48)34-9-6-29(7-10-34)20-30-4-3-5-33(21-30)52-47(66)38(12-15-45(64)65)53-42(61)25-51-41(60)17-19-55-43(62)13-14-44(55)63/h3-7,9-10,13-14,16,18,21-22,32,36-39,46,56,58H,8,11-12,15,17,19-20,23-28H2,1-2H3,(H,51,60)(H,52,66)(H,53,61)(H,64,65)/t32-,36-,37-,38-,39-,46+,48-,49-,50+/m0/s1. The van der Waals surface area contributed by atoms with Gasteiger partial charge in [0.1, 0.15) is 12.6 Å². The first-order valence-corrected chi connectivity index (χ1v) is 22.8. The van der Waals surface area contributed by atoms with Gasteiger partial charge in [0.2, 0.25) is 17.7 Å². The molecule has 2 heterocycles. The van der Waals surface area contributed by atoms with Crippen LogP contribution in [0.1, 0.15) is 69.9 Å². The zero-order chi connectivity index (χ0) is 47.1. The fourth-order valence-electron chi connectivity index (χ4n) is 12.7. The third kappa shape index (κ3) is 8.52. The molecule has 1 saturated heterocycles. The van der Waals surface area contributed by atoms with Crippen molar-refractivity contribution in [1.29, 1.82) is 0 Å². The van der Waals surface area contributed by atoms with Crippen LogP contribution in [0.2, 0.25) is 0 Å². The average molecular weight is 904 g/mol. The van der Waals surface area contributed by atoms with Gasteiger partial charge in [0.15, 0.2) is 11.6 Å². The normalized spacial score (nSPS) is 29.9. The fourth-order valence-corrected chi connectivity index (χ4v) is 12.7. The van der Waals surface area contributed by atoms with Crippen molar-refractivity contribution < 1.29 is 53.7 Å². The zero-order valence-electron chi connectivity index (χ0n) is 37.2. The molecule has 6 N–H and O–H groups in total. The number of fused-ring (bicyclic) bond motifs is 7. The number of imide groups is 1. The Bertz CT molecular complexity index is 2430. The van der Waals surface area contributed by atoms with Gasteiger partial charge < -0.3 is 36.2 Å². The molecule has 2 aromatic rings.